The average Bonchev–Trinajstić information content (AvgIpc) is 2.66. The average molecular weight is 507 g/mol. The fourth-order valence-electron chi connectivity index (χ4n) is 3.55. The monoisotopic (exact) mass is 505 g/mol. The molecule has 1 saturated heterocycles. The number of likely N-dealkylation sites (tertiary alicyclic amines) is 1. The van der Waals surface area contributed by atoms with Crippen LogP contribution >= 0.6 is 0 Å². The molecule has 0 aliphatic carbocycles. The number of benzene rings is 2. The van der Waals surface area contributed by atoms with Gasteiger partial charge in [0.05, 0.1) is 11.0 Å². The first-order chi connectivity index (χ1) is 13.2. The molecule has 0 aromatic heterocycles. The van der Waals surface area contributed by atoms with Crippen LogP contribution in [0.15, 0.2) is 59.5 Å². The van der Waals surface area contributed by atoms with Gasteiger partial charge >= 0.3 is 23.1 Å². The molecule has 6 nitrogen and oxygen atoms in total. The van der Waals surface area contributed by atoms with E-state index in [1.54, 1.807) is 36.4 Å². The number of carbonyl (C=O) groups is 1. The zero-order chi connectivity index (χ0) is 20.5. The summed E-state index contributed by atoms with van der Waals surface area (Å²) < 4.78 is 31.7. The minimum atomic E-state index is -3.96. The van der Waals surface area contributed by atoms with Crippen molar-refractivity contribution in [3.8, 4) is 0 Å². The molecule has 0 radical (unpaired) electrons. The van der Waals surface area contributed by atoms with Crippen LogP contribution in [0.4, 0.5) is 0 Å². The zero-order valence-corrected chi connectivity index (χ0v) is 21.1. The minimum absolute atomic E-state index is 0. The largest absolute Gasteiger partial charge is 2.00 e. The molecule has 2 aromatic rings. The summed E-state index contributed by atoms with van der Waals surface area (Å²) in [6.45, 7) is 3.25. The van der Waals surface area contributed by atoms with Gasteiger partial charge in [0.15, 0.2) is 9.84 Å². The Balaban J connectivity index is 0.00000225. The topological polar surface area (TPSA) is 86.7 Å². The van der Waals surface area contributed by atoms with Gasteiger partial charge in [-0.05, 0) is 30.3 Å². The Morgan fingerprint density at radius 2 is 1.70 bits per heavy atom. The van der Waals surface area contributed by atoms with E-state index >= 15 is 0 Å². The van der Waals surface area contributed by atoms with Crippen molar-refractivity contribution in [1.29, 1.82) is 0 Å². The van der Waals surface area contributed by atoms with Crippen LogP contribution < -0.4 is 22.1 Å². The Kier molecular flexibility index (Phi) is 9.53. The quantitative estimate of drug-likeness (QED) is 0.451. The Morgan fingerprint density at radius 3 is 2.23 bits per heavy atom. The van der Waals surface area contributed by atoms with Gasteiger partial charge in [-0.25, -0.2) is 8.42 Å². The molecule has 158 valence electrons. The molecule has 3 atom stereocenters. The molecule has 0 bridgehead atoms. The van der Waals surface area contributed by atoms with E-state index in [2.05, 4.69) is 0 Å². The molecule has 3 rings (SSSR count). The molecule has 1 aliphatic heterocycles. The van der Waals surface area contributed by atoms with E-state index in [1.165, 1.54) is 26.2 Å². The summed E-state index contributed by atoms with van der Waals surface area (Å²) in [5, 5.41) is 11.9. The van der Waals surface area contributed by atoms with Gasteiger partial charge in [-0.2, -0.15) is 0 Å². The van der Waals surface area contributed by atoms with Gasteiger partial charge in [0.1, 0.15) is 5.25 Å². The predicted octanol–water partition coefficient (Wildman–Crippen LogP) is -1.72. The van der Waals surface area contributed by atoms with E-state index in [9.17, 15) is 18.3 Å². The van der Waals surface area contributed by atoms with Gasteiger partial charge < -0.3 is 31.7 Å². The van der Waals surface area contributed by atoms with Crippen molar-refractivity contribution in [1.82, 2.24) is 4.90 Å². The number of hydrogen-bond donors (Lipinski definition) is 0. The molecule has 0 N–H and O–H groups in total. The third kappa shape index (κ3) is 5.25. The van der Waals surface area contributed by atoms with Crippen LogP contribution in [-0.4, -0.2) is 66.5 Å². The molecule has 2 aromatic carbocycles. The number of hydrogen-bond acceptors (Lipinski definition) is 5. The second-order valence-corrected chi connectivity index (χ2v) is 9.40. The Hall–Kier alpha value is -0.974. The Morgan fingerprint density at radius 1 is 1.13 bits per heavy atom. The molecule has 1 aliphatic rings. The van der Waals surface area contributed by atoms with E-state index in [0.29, 0.717) is 0 Å². The van der Waals surface area contributed by atoms with Crippen LogP contribution in [0.1, 0.15) is 24.5 Å². The summed E-state index contributed by atoms with van der Waals surface area (Å²) in [4.78, 5) is 14.3. The van der Waals surface area contributed by atoms with Gasteiger partial charge in [-0.3, -0.25) is 4.79 Å². The molecule has 1 heterocycles. The maximum atomic E-state index is 13.3. The van der Waals surface area contributed by atoms with Crippen LogP contribution in [0.5, 0.6) is 0 Å². The number of methoxy groups -OCH3 is 1. The molecule has 9 heteroatoms. The SMILES string of the molecule is COC1CC(S(=O)(=O)c2ccc(C)cc2)C(=O)N(Cc2ccccc2)C1(C)[O-].[Br-].[Mg+2]. The van der Waals surface area contributed by atoms with E-state index < -0.39 is 32.8 Å². The summed E-state index contributed by atoms with van der Waals surface area (Å²) in [6, 6.07) is 15.4. The van der Waals surface area contributed by atoms with Crippen LogP contribution in [0, 0.1) is 6.92 Å². The van der Waals surface area contributed by atoms with Crippen molar-refractivity contribution >= 4 is 38.8 Å². The standard InChI is InChI=1S/C21H24NO5S.BrH.Mg/c1-15-9-11-17(12-10-15)28(25,26)18-13-19(27-3)21(2,24)22(20(18)23)14-16-7-5-4-6-8-16;;/h4-12,18-19H,13-14H2,1-3H3;1H;/q-1;;+2/p-1. The molecule has 0 saturated carbocycles. The van der Waals surface area contributed by atoms with Crippen molar-refractivity contribution in [2.75, 3.05) is 7.11 Å². The first-order valence-corrected chi connectivity index (χ1v) is 10.6. The Labute approximate surface area is 204 Å². The van der Waals surface area contributed by atoms with Crippen molar-refractivity contribution in [3.63, 3.8) is 0 Å². The summed E-state index contributed by atoms with van der Waals surface area (Å²) in [6.07, 6.45) is -1.12. The van der Waals surface area contributed by atoms with Gasteiger partial charge in [0.25, 0.3) is 0 Å². The minimum Gasteiger partial charge on any atom is -1.00 e. The van der Waals surface area contributed by atoms with E-state index in [-0.39, 0.29) is 57.9 Å². The fourth-order valence-corrected chi connectivity index (χ4v) is 5.21. The van der Waals surface area contributed by atoms with Crippen molar-refractivity contribution in [3.05, 3.63) is 65.7 Å². The number of ether oxygens (including phenoxy) is 1. The third-order valence-electron chi connectivity index (χ3n) is 5.30. The van der Waals surface area contributed by atoms with Crippen LogP contribution in [-0.2, 0) is 25.9 Å². The molecule has 30 heavy (non-hydrogen) atoms. The van der Waals surface area contributed by atoms with Gasteiger partial charge in [-0.1, -0.05) is 55.0 Å². The predicted molar refractivity (Wildman–Crippen MR) is 109 cm³/mol. The molecule has 0 spiro atoms. The normalized spacial score (nSPS) is 24.0. The van der Waals surface area contributed by atoms with Gasteiger partial charge in [0.2, 0.25) is 5.91 Å². The molecule has 1 amide bonds. The van der Waals surface area contributed by atoms with Crippen LogP contribution in [0.3, 0.4) is 0 Å². The number of halogens is 1. The number of piperidine rings is 1. The Bertz CT molecular complexity index is 951. The fraction of sp³-hybridized carbons (Fsp3) is 0.381. The van der Waals surface area contributed by atoms with Crippen molar-refractivity contribution in [2.24, 2.45) is 0 Å². The van der Waals surface area contributed by atoms with Gasteiger partial charge in [-0.15, -0.1) is 0 Å². The number of amides is 1. The smallest absolute Gasteiger partial charge is 1.00 e. The first kappa shape index (κ1) is 27.1. The molecule has 3 unspecified atom stereocenters. The molecular formula is C21H24BrMgNO5S. The molecular weight excluding hydrogens is 483 g/mol. The number of nitrogens with zero attached hydrogens (tertiary/aromatic N) is 1. The number of aryl methyl sites for hydroxylation is 1. The molecule has 1 fully saturated rings. The van der Waals surface area contributed by atoms with Gasteiger partial charge in [0, 0.05) is 20.1 Å². The summed E-state index contributed by atoms with van der Waals surface area (Å²) in [7, 11) is -2.59. The number of sulfone groups is 1. The third-order valence-corrected chi connectivity index (χ3v) is 7.37. The number of carbonyl (C=O) groups excluding carboxylic acids is 1. The second kappa shape index (κ2) is 10.6. The van der Waals surface area contributed by atoms with E-state index in [1.807, 2.05) is 13.0 Å². The van der Waals surface area contributed by atoms with E-state index in [4.69, 9.17) is 4.74 Å². The maximum absolute atomic E-state index is 13.3. The zero-order valence-electron chi connectivity index (χ0n) is 17.2. The van der Waals surface area contributed by atoms with Crippen LogP contribution in [0.25, 0.3) is 0 Å². The van der Waals surface area contributed by atoms with Crippen molar-refractivity contribution < 1.29 is 40.0 Å². The van der Waals surface area contributed by atoms with Crippen LogP contribution in [0.2, 0.25) is 0 Å². The van der Waals surface area contributed by atoms with Crippen molar-refractivity contribution in [2.45, 2.75) is 48.8 Å². The van der Waals surface area contributed by atoms with E-state index in [0.717, 1.165) is 16.0 Å². The maximum Gasteiger partial charge on any atom is 2.00 e. The first-order valence-electron chi connectivity index (χ1n) is 9.07. The second-order valence-electron chi connectivity index (χ2n) is 7.27. The number of rotatable bonds is 5. The summed E-state index contributed by atoms with van der Waals surface area (Å²) in [5.74, 6) is -0.685. The summed E-state index contributed by atoms with van der Waals surface area (Å²) in [5.41, 5.74) is -0.205. The summed E-state index contributed by atoms with van der Waals surface area (Å²) >= 11 is 0.